The van der Waals surface area contributed by atoms with Gasteiger partial charge in [0, 0.05) is 64.2 Å². The van der Waals surface area contributed by atoms with Gasteiger partial charge in [-0.3, -0.25) is 9.69 Å². The first-order valence-corrected chi connectivity index (χ1v) is 13.6. The van der Waals surface area contributed by atoms with Crippen LogP contribution < -0.4 is 9.80 Å². The molecule has 0 unspecified atom stereocenters. The Labute approximate surface area is 224 Å². The van der Waals surface area contributed by atoms with Crippen LogP contribution in [-0.4, -0.2) is 84.4 Å². The van der Waals surface area contributed by atoms with Gasteiger partial charge in [-0.15, -0.1) is 0 Å². The van der Waals surface area contributed by atoms with Crippen LogP contribution in [0.4, 0.5) is 20.7 Å². The van der Waals surface area contributed by atoms with Crippen LogP contribution in [0.3, 0.4) is 0 Å². The molecule has 0 bridgehead atoms. The standard InChI is InChI=1S/C29H38FN5O3/c1-21-19-33(16-17-35(21)28(37)38-29(2)12-13-29)20-22-4-7-25(8-5-22)32(3)27(36)23-6-9-26(31-18-23)34-14-10-24(30)11-15-34/h4-9,18,21,24H,10-17,19-20H2,1-3H3/t21-/m0/s1. The van der Waals surface area contributed by atoms with Crippen LogP contribution in [0.25, 0.3) is 0 Å². The van der Waals surface area contributed by atoms with E-state index in [1.807, 2.05) is 42.2 Å². The molecule has 5 rings (SSSR count). The number of piperidine rings is 1. The van der Waals surface area contributed by atoms with Gasteiger partial charge >= 0.3 is 6.09 Å². The number of ether oxygens (including phenoxy) is 1. The highest BCUT2D eigenvalue weighted by Crippen LogP contribution is 2.39. The maximum Gasteiger partial charge on any atom is 0.410 e. The molecule has 0 N–H and O–H groups in total. The highest BCUT2D eigenvalue weighted by Gasteiger charge is 2.43. The number of hydrogen-bond acceptors (Lipinski definition) is 6. The zero-order valence-corrected chi connectivity index (χ0v) is 22.6. The van der Waals surface area contributed by atoms with Crippen LogP contribution in [0.15, 0.2) is 42.6 Å². The van der Waals surface area contributed by atoms with E-state index in [-0.39, 0.29) is 23.6 Å². The fraction of sp³-hybridized carbons (Fsp3) is 0.552. The first-order chi connectivity index (χ1) is 18.2. The third kappa shape index (κ3) is 6.09. The minimum absolute atomic E-state index is 0.0946. The minimum Gasteiger partial charge on any atom is -0.443 e. The highest BCUT2D eigenvalue weighted by molar-refractivity contribution is 6.05. The molecule has 2 amide bonds. The molecule has 0 radical (unpaired) electrons. The van der Waals surface area contributed by atoms with Crippen molar-refractivity contribution in [3.05, 3.63) is 53.7 Å². The lowest BCUT2D eigenvalue weighted by molar-refractivity contribution is 0.0234. The van der Waals surface area contributed by atoms with Crippen molar-refractivity contribution in [3.63, 3.8) is 0 Å². The summed E-state index contributed by atoms with van der Waals surface area (Å²) >= 11 is 0. The third-order valence-electron chi connectivity index (χ3n) is 8.01. The summed E-state index contributed by atoms with van der Waals surface area (Å²) in [6.45, 7) is 8.39. The molecule has 1 aromatic heterocycles. The van der Waals surface area contributed by atoms with Gasteiger partial charge in [0.25, 0.3) is 5.91 Å². The molecular formula is C29H38FN5O3. The number of rotatable bonds is 6. The predicted octanol–water partition coefficient (Wildman–Crippen LogP) is 4.49. The number of carbonyl (C=O) groups is 2. The summed E-state index contributed by atoms with van der Waals surface area (Å²) in [6, 6.07) is 11.8. The number of piperazine rings is 1. The lowest BCUT2D eigenvalue weighted by Crippen LogP contribution is -2.54. The second kappa shape index (κ2) is 10.9. The molecule has 1 aliphatic carbocycles. The van der Waals surface area contributed by atoms with E-state index in [9.17, 15) is 14.0 Å². The number of hydrogen-bond donors (Lipinski definition) is 0. The zero-order chi connectivity index (χ0) is 26.9. The Balaban J connectivity index is 1.13. The van der Waals surface area contributed by atoms with Gasteiger partial charge in [0.2, 0.25) is 0 Å². The van der Waals surface area contributed by atoms with E-state index in [2.05, 4.69) is 21.7 Å². The Hall–Kier alpha value is -3.20. The average molecular weight is 524 g/mol. The van der Waals surface area contributed by atoms with Gasteiger partial charge in [-0.25, -0.2) is 14.2 Å². The molecule has 2 saturated heterocycles. The molecule has 1 aromatic carbocycles. The zero-order valence-electron chi connectivity index (χ0n) is 22.6. The van der Waals surface area contributed by atoms with Crippen molar-refractivity contribution in [2.75, 3.05) is 49.6 Å². The van der Waals surface area contributed by atoms with Gasteiger partial charge in [-0.05, 0) is 69.4 Å². The molecule has 3 fully saturated rings. The molecule has 2 aliphatic heterocycles. The lowest BCUT2D eigenvalue weighted by atomic mass is 10.1. The van der Waals surface area contributed by atoms with E-state index in [0.29, 0.717) is 38.0 Å². The van der Waals surface area contributed by atoms with Crippen molar-refractivity contribution in [2.45, 2.75) is 63.9 Å². The fourth-order valence-electron chi connectivity index (χ4n) is 5.17. The molecule has 2 aromatic rings. The number of alkyl halides is 1. The van der Waals surface area contributed by atoms with Gasteiger partial charge < -0.3 is 19.4 Å². The monoisotopic (exact) mass is 523 g/mol. The molecular weight excluding hydrogens is 485 g/mol. The SMILES string of the molecule is C[C@H]1CN(Cc2ccc(N(C)C(=O)c3ccc(N4CCC(F)CC4)nc3)cc2)CCN1C(=O)OC1(C)CC1. The number of carbonyl (C=O) groups excluding carboxylic acids is 2. The summed E-state index contributed by atoms with van der Waals surface area (Å²) in [4.78, 5) is 37.9. The number of pyridine rings is 1. The Kier molecular flexibility index (Phi) is 7.56. The van der Waals surface area contributed by atoms with Crippen molar-refractivity contribution < 1.29 is 18.7 Å². The number of anilines is 2. The van der Waals surface area contributed by atoms with Crippen molar-refractivity contribution in [1.29, 1.82) is 0 Å². The first kappa shape index (κ1) is 26.4. The summed E-state index contributed by atoms with van der Waals surface area (Å²) in [6.07, 6.45) is 3.62. The summed E-state index contributed by atoms with van der Waals surface area (Å²) in [7, 11) is 1.76. The number of nitrogens with zero attached hydrogens (tertiary/aromatic N) is 5. The van der Waals surface area contributed by atoms with Crippen LogP contribution in [0.2, 0.25) is 0 Å². The highest BCUT2D eigenvalue weighted by atomic mass is 19.1. The van der Waals surface area contributed by atoms with Gasteiger partial charge in [0.1, 0.15) is 17.6 Å². The number of amides is 2. The van der Waals surface area contributed by atoms with Gasteiger partial charge in [0.05, 0.1) is 5.56 Å². The summed E-state index contributed by atoms with van der Waals surface area (Å²) < 4.78 is 19.1. The second-order valence-electron chi connectivity index (χ2n) is 11.2. The molecule has 1 saturated carbocycles. The average Bonchev–Trinajstić information content (AvgIpc) is 3.65. The number of aromatic nitrogens is 1. The summed E-state index contributed by atoms with van der Waals surface area (Å²) in [5.74, 6) is 0.654. The summed E-state index contributed by atoms with van der Waals surface area (Å²) in [5, 5.41) is 0. The van der Waals surface area contributed by atoms with Crippen molar-refractivity contribution in [1.82, 2.24) is 14.8 Å². The molecule has 0 spiro atoms. The fourth-order valence-corrected chi connectivity index (χ4v) is 5.17. The smallest absolute Gasteiger partial charge is 0.410 e. The van der Waals surface area contributed by atoms with Crippen molar-refractivity contribution in [2.24, 2.45) is 0 Å². The molecule has 204 valence electrons. The number of halogens is 1. The van der Waals surface area contributed by atoms with E-state index < -0.39 is 6.17 Å². The largest absolute Gasteiger partial charge is 0.443 e. The van der Waals surface area contributed by atoms with E-state index in [0.717, 1.165) is 49.5 Å². The molecule has 1 atom stereocenters. The molecule has 38 heavy (non-hydrogen) atoms. The van der Waals surface area contributed by atoms with E-state index in [1.54, 1.807) is 24.2 Å². The van der Waals surface area contributed by atoms with E-state index in [4.69, 9.17) is 4.74 Å². The molecule has 9 heteroatoms. The third-order valence-corrected chi connectivity index (χ3v) is 8.01. The Morgan fingerprint density at radius 1 is 1.08 bits per heavy atom. The topological polar surface area (TPSA) is 69.2 Å². The quantitative estimate of drug-likeness (QED) is 0.556. The van der Waals surface area contributed by atoms with Crippen LogP contribution >= 0.6 is 0 Å². The van der Waals surface area contributed by atoms with Crippen LogP contribution in [0.5, 0.6) is 0 Å². The second-order valence-corrected chi connectivity index (χ2v) is 11.2. The first-order valence-electron chi connectivity index (χ1n) is 13.6. The molecule has 8 nitrogen and oxygen atoms in total. The van der Waals surface area contributed by atoms with E-state index in [1.165, 1.54) is 0 Å². The predicted molar refractivity (Wildman–Crippen MR) is 145 cm³/mol. The normalized spacial score (nSPS) is 21.7. The van der Waals surface area contributed by atoms with Gasteiger partial charge in [0.15, 0.2) is 0 Å². The maximum absolute atomic E-state index is 13.4. The van der Waals surface area contributed by atoms with Crippen LogP contribution in [-0.2, 0) is 11.3 Å². The number of benzene rings is 1. The molecule has 3 aliphatic rings. The van der Waals surface area contributed by atoms with Gasteiger partial charge in [-0.1, -0.05) is 12.1 Å². The lowest BCUT2D eigenvalue weighted by Gasteiger charge is -2.39. The Bertz CT molecular complexity index is 1130. The van der Waals surface area contributed by atoms with Crippen molar-refractivity contribution >= 4 is 23.5 Å². The molecule has 3 heterocycles. The Morgan fingerprint density at radius 3 is 2.39 bits per heavy atom. The van der Waals surface area contributed by atoms with Crippen molar-refractivity contribution in [3.8, 4) is 0 Å². The van der Waals surface area contributed by atoms with Crippen LogP contribution in [0, 0.1) is 0 Å². The van der Waals surface area contributed by atoms with E-state index >= 15 is 0 Å². The minimum atomic E-state index is -0.730. The van der Waals surface area contributed by atoms with Crippen LogP contribution in [0.1, 0.15) is 55.5 Å². The van der Waals surface area contributed by atoms with Gasteiger partial charge in [-0.2, -0.15) is 0 Å². The summed E-state index contributed by atoms with van der Waals surface area (Å²) in [5.41, 5.74) is 2.23. The Morgan fingerprint density at radius 2 is 1.79 bits per heavy atom. The maximum atomic E-state index is 13.4.